The maximum atomic E-state index is 11.2. The number of aromatic amines is 1. The number of methoxy groups -OCH3 is 1. The minimum atomic E-state index is -0.929. The van der Waals surface area contributed by atoms with Gasteiger partial charge in [0, 0.05) is 28.2 Å². The summed E-state index contributed by atoms with van der Waals surface area (Å²) in [6.07, 6.45) is 0. The van der Waals surface area contributed by atoms with Gasteiger partial charge in [0.2, 0.25) is 0 Å². The van der Waals surface area contributed by atoms with Crippen LogP contribution in [0.1, 0.15) is 5.69 Å². The molecule has 0 saturated heterocycles. The molecule has 118 valence electrons. The van der Waals surface area contributed by atoms with Gasteiger partial charge in [0.15, 0.2) is 0 Å². The monoisotopic (exact) mass is 313 g/mol. The van der Waals surface area contributed by atoms with Crippen molar-refractivity contribution in [2.75, 3.05) is 7.11 Å². The van der Waals surface area contributed by atoms with Crippen molar-refractivity contribution in [2.24, 2.45) is 0 Å². The summed E-state index contributed by atoms with van der Waals surface area (Å²) in [5, 5.41) is 16.5. The van der Waals surface area contributed by atoms with Crippen LogP contribution in [0.15, 0.2) is 35.1 Å². The molecule has 0 fully saturated rings. The molecule has 0 saturated carbocycles. The molecule has 2 N–H and O–H groups in total. The second-order valence-electron chi connectivity index (χ2n) is 5.13. The van der Waals surface area contributed by atoms with E-state index in [1.165, 1.54) is 6.07 Å². The number of nitrogens with zero attached hydrogens (tertiary/aromatic N) is 2. The summed E-state index contributed by atoms with van der Waals surface area (Å²) < 4.78 is 6.97. The summed E-state index contributed by atoms with van der Waals surface area (Å²) in [5.41, 5.74) is 2.59. The van der Waals surface area contributed by atoms with Crippen LogP contribution >= 0.6 is 0 Å². The number of hydrogen-bond acceptors (Lipinski definition) is 4. The van der Waals surface area contributed by atoms with Gasteiger partial charge in [-0.25, -0.2) is 5.10 Å². The molecule has 0 radical (unpaired) electrons. The first kappa shape index (κ1) is 14.8. The Labute approximate surface area is 131 Å². The number of carboxylic acids is 1. The van der Waals surface area contributed by atoms with Crippen LogP contribution in [0.5, 0.6) is 5.75 Å². The van der Waals surface area contributed by atoms with Crippen molar-refractivity contribution in [3.63, 3.8) is 0 Å². The Morgan fingerprint density at radius 3 is 2.74 bits per heavy atom. The van der Waals surface area contributed by atoms with E-state index in [0.29, 0.717) is 11.4 Å². The topological polar surface area (TPSA) is 97.2 Å². The zero-order valence-corrected chi connectivity index (χ0v) is 12.7. The Morgan fingerprint density at radius 1 is 1.35 bits per heavy atom. The normalized spacial score (nSPS) is 10.9. The van der Waals surface area contributed by atoms with Gasteiger partial charge in [-0.2, -0.15) is 5.10 Å². The zero-order chi connectivity index (χ0) is 16.6. The van der Waals surface area contributed by atoms with Gasteiger partial charge in [0.25, 0.3) is 5.56 Å². The maximum absolute atomic E-state index is 11.2. The summed E-state index contributed by atoms with van der Waals surface area (Å²) in [5.74, 6) is -0.266. The Bertz CT molecular complexity index is 935. The highest BCUT2D eigenvalue weighted by Crippen LogP contribution is 2.35. The average molecular weight is 313 g/mol. The lowest BCUT2D eigenvalue weighted by atomic mass is 10.1. The van der Waals surface area contributed by atoms with E-state index in [9.17, 15) is 9.59 Å². The number of aromatic nitrogens is 3. The number of aliphatic carboxylic acids is 1. The minimum absolute atomic E-state index is 0.155. The molecule has 0 unspecified atom stereocenters. The summed E-state index contributed by atoms with van der Waals surface area (Å²) in [7, 11) is 1.57. The fraction of sp³-hybridized carbons (Fsp3) is 0.188. The van der Waals surface area contributed by atoms with Gasteiger partial charge < -0.3 is 14.4 Å². The first-order chi connectivity index (χ1) is 11.0. The lowest BCUT2D eigenvalue weighted by Crippen LogP contribution is -2.10. The van der Waals surface area contributed by atoms with Crippen LogP contribution in [-0.2, 0) is 11.3 Å². The molecule has 0 aliphatic rings. The molecule has 0 atom stereocenters. The number of nitrogens with one attached hydrogen (secondary N) is 1. The molecule has 0 spiro atoms. The third-order valence-electron chi connectivity index (χ3n) is 3.76. The third-order valence-corrected chi connectivity index (χ3v) is 3.76. The predicted octanol–water partition coefficient (Wildman–Crippen LogP) is 1.79. The first-order valence-corrected chi connectivity index (χ1v) is 6.96. The van der Waals surface area contributed by atoms with Crippen molar-refractivity contribution in [3.05, 3.63) is 46.4 Å². The van der Waals surface area contributed by atoms with Crippen LogP contribution < -0.4 is 10.3 Å². The number of hydrogen-bond donors (Lipinski definition) is 2. The van der Waals surface area contributed by atoms with Crippen LogP contribution in [0.25, 0.3) is 22.2 Å². The second kappa shape index (κ2) is 5.60. The number of fused-ring (bicyclic) bond motifs is 1. The van der Waals surface area contributed by atoms with Gasteiger partial charge in [0.05, 0.1) is 12.8 Å². The molecule has 0 aliphatic carbocycles. The van der Waals surface area contributed by atoms with Crippen LogP contribution in [0, 0.1) is 6.92 Å². The molecule has 2 aromatic heterocycles. The SMILES string of the molecule is COc1ccc2c(c1)c(-c1ccc(=O)[nH]n1)c(C)n2CC(=O)O. The quantitative estimate of drug-likeness (QED) is 0.765. The molecule has 7 heteroatoms. The summed E-state index contributed by atoms with van der Waals surface area (Å²) >= 11 is 0. The molecular formula is C16H15N3O4. The van der Waals surface area contributed by atoms with Crippen molar-refractivity contribution in [1.29, 1.82) is 0 Å². The highest BCUT2D eigenvalue weighted by Gasteiger charge is 2.18. The number of benzene rings is 1. The minimum Gasteiger partial charge on any atom is -0.497 e. The summed E-state index contributed by atoms with van der Waals surface area (Å²) in [4.78, 5) is 22.4. The fourth-order valence-corrected chi connectivity index (χ4v) is 2.73. The number of H-pyrrole nitrogens is 1. The Morgan fingerprint density at radius 2 is 2.13 bits per heavy atom. The number of rotatable bonds is 4. The van der Waals surface area contributed by atoms with Crippen LogP contribution in [-0.4, -0.2) is 33.0 Å². The zero-order valence-electron chi connectivity index (χ0n) is 12.7. The van der Waals surface area contributed by atoms with E-state index in [4.69, 9.17) is 9.84 Å². The second-order valence-corrected chi connectivity index (χ2v) is 5.13. The largest absolute Gasteiger partial charge is 0.497 e. The molecule has 1 aromatic carbocycles. The molecule has 0 aliphatic heterocycles. The van der Waals surface area contributed by atoms with Gasteiger partial charge in [0.1, 0.15) is 12.3 Å². The highest BCUT2D eigenvalue weighted by atomic mass is 16.5. The van der Waals surface area contributed by atoms with E-state index in [1.54, 1.807) is 23.8 Å². The molecular weight excluding hydrogens is 298 g/mol. The van der Waals surface area contributed by atoms with E-state index in [1.807, 2.05) is 19.1 Å². The Hall–Kier alpha value is -3.09. The van der Waals surface area contributed by atoms with Gasteiger partial charge in [-0.3, -0.25) is 9.59 Å². The van der Waals surface area contributed by atoms with Crippen molar-refractivity contribution >= 4 is 16.9 Å². The maximum Gasteiger partial charge on any atom is 0.323 e. The third kappa shape index (κ3) is 2.57. The number of ether oxygens (including phenoxy) is 1. The lowest BCUT2D eigenvalue weighted by molar-refractivity contribution is -0.137. The smallest absolute Gasteiger partial charge is 0.323 e. The van der Waals surface area contributed by atoms with Crippen LogP contribution in [0.4, 0.5) is 0 Å². The average Bonchev–Trinajstić information content (AvgIpc) is 2.79. The molecule has 3 aromatic rings. The number of carbonyl (C=O) groups is 1. The van der Waals surface area contributed by atoms with Gasteiger partial charge in [-0.1, -0.05) is 0 Å². The standard InChI is InChI=1S/C16H15N3O4/c1-9-16(12-4-6-14(20)18-17-12)11-7-10(23-2)3-5-13(11)19(9)8-15(21)22/h3-7H,8H2,1-2H3,(H,18,20)(H,21,22). The van der Waals surface area contributed by atoms with Crippen molar-refractivity contribution < 1.29 is 14.6 Å². The highest BCUT2D eigenvalue weighted by molar-refractivity contribution is 5.98. The van der Waals surface area contributed by atoms with Crippen molar-refractivity contribution in [3.8, 4) is 17.0 Å². The fourth-order valence-electron chi connectivity index (χ4n) is 2.73. The van der Waals surface area contributed by atoms with Gasteiger partial charge in [-0.05, 0) is 31.2 Å². The van der Waals surface area contributed by atoms with E-state index in [2.05, 4.69) is 10.2 Å². The molecule has 2 heterocycles. The van der Waals surface area contributed by atoms with Gasteiger partial charge >= 0.3 is 5.97 Å². The molecule has 0 amide bonds. The number of carboxylic acid groups (broad SMARTS) is 1. The molecule has 23 heavy (non-hydrogen) atoms. The summed E-state index contributed by atoms with van der Waals surface area (Å²) in [6, 6.07) is 8.44. The predicted molar refractivity (Wildman–Crippen MR) is 84.7 cm³/mol. The Kier molecular flexibility index (Phi) is 3.61. The van der Waals surface area contributed by atoms with E-state index in [-0.39, 0.29) is 12.1 Å². The van der Waals surface area contributed by atoms with Crippen LogP contribution in [0.3, 0.4) is 0 Å². The van der Waals surface area contributed by atoms with Crippen molar-refractivity contribution in [1.82, 2.24) is 14.8 Å². The summed E-state index contributed by atoms with van der Waals surface area (Å²) in [6.45, 7) is 1.68. The Balaban J connectivity index is 2.34. The van der Waals surface area contributed by atoms with E-state index in [0.717, 1.165) is 22.2 Å². The molecule has 0 bridgehead atoms. The molecule has 3 rings (SSSR count). The molecule has 7 nitrogen and oxygen atoms in total. The van der Waals surface area contributed by atoms with Gasteiger partial charge in [-0.15, -0.1) is 0 Å². The van der Waals surface area contributed by atoms with Crippen molar-refractivity contribution in [2.45, 2.75) is 13.5 Å². The van der Waals surface area contributed by atoms with E-state index >= 15 is 0 Å². The van der Waals surface area contributed by atoms with Crippen LogP contribution in [0.2, 0.25) is 0 Å². The van der Waals surface area contributed by atoms with E-state index < -0.39 is 5.97 Å². The lowest BCUT2D eigenvalue weighted by Gasteiger charge is -2.05. The first-order valence-electron chi connectivity index (χ1n) is 6.96.